The van der Waals surface area contributed by atoms with Crippen molar-refractivity contribution < 1.29 is 0 Å². The largest absolute Gasteiger partial charge is 0.380 e. The fourth-order valence-electron chi connectivity index (χ4n) is 4.16. The molecule has 0 amide bonds. The third-order valence-corrected chi connectivity index (χ3v) is 6.07. The lowest BCUT2D eigenvalue weighted by Gasteiger charge is -2.34. The first kappa shape index (κ1) is 20.0. The second-order valence-corrected chi connectivity index (χ2v) is 8.54. The molecule has 1 heterocycles. The van der Waals surface area contributed by atoms with Crippen molar-refractivity contribution in [2.75, 3.05) is 24.3 Å². The number of hydrogen-bond acceptors (Lipinski definition) is 4. The van der Waals surface area contributed by atoms with Gasteiger partial charge in [-0.3, -0.25) is 4.98 Å². The molecule has 1 fully saturated rings. The molecule has 0 aliphatic heterocycles. The number of halogens is 1. The van der Waals surface area contributed by atoms with Crippen LogP contribution in [0.3, 0.4) is 0 Å². The van der Waals surface area contributed by atoms with E-state index < -0.39 is 0 Å². The van der Waals surface area contributed by atoms with Crippen LogP contribution in [0, 0.1) is 0 Å². The molecule has 4 rings (SSSR count). The van der Waals surface area contributed by atoms with Gasteiger partial charge in [0, 0.05) is 60.7 Å². The van der Waals surface area contributed by atoms with E-state index in [-0.39, 0.29) is 0 Å². The van der Waals surface area contributed by atoms with Crippen molar-refractivity contribution in [1.29, 1.82) is 0 Å². The Morgan fingerprint density at radius 3 is 2.52 bits per heavy atom. The maximum atomic E-state index is 6.14. The number of nitrogens with zero attached hydrogens (tertiary/aromatic N) is 2. The molecule has 1 aliphatic rings. The van der Waals surface area contributed by atoms with Gasteiger partial charge in [-0.25, -0.2) is 0 Å². The third-order valence-electron chi connectivity index (χ3n) is 5.83. The molecule has 152 valence electrons. The van der Waals surface area contributed by atoms with Crippen molar-refractivity contribution >= 4 is 33.9 Å². The second-order valence-electron chi connectivity index (χ2n) is 8.10. The fourth-order valence-corrected chi connectivity index (χ4v) is 4.32. The van der Waals surface area contributed by atoms with Crippen LogP contribution in [0.4, 0.5) is 11.4 Å². The molecule has 5 heteroatoms. The van der Waals surface area contributed by atoms with Crippen LogP contribution in [-0.4, -0.2) is 31.2 Å². The lowest BCUT2D eigenvalue weighted by molar-refractivity contribution is 0.342. The van der Waals surface area contributed by atoms with Crippen LogP contribution >= 0.6 is 11.6 Å². The summed E-state index contributed by atoms with van der Waals surface area (Å²) < 4.78 is 0. The average Bonchev–Trinajstić information content (AvgIpc) is 2.73. The van der Waals surface area contributed by atoms with Gasteiger partial charge >= 0.3 is 0 Å². The minimum atomic E-state index is 0.408. The van der Waals surface area contributed by atoms with E-state index in [1.165, 1.54) is 36.9 Å². The van der Waals surface area contributed by atoms with E-state index in [2.05, 4.69) is 71.0 Å². The van der Waals surface area contributed by atoms with Crippen molar-refractivity contribution in [3.8, 4) is 0 Å². The predicted molar refractivity (Wildman–Crippen MR) is 124 cm³/mol. The average molecular weight is 409 g/mol. The summed E-state index contributed by atoms with van der Waals surface area (Å²) >= 11 is 6.14. The maximum absolute atomic E-state index is 6.14. The van der Waals surface area contributed by atoms with Gasteiger partial charge in [-0.15, -0.1) is 0 Å². The standard InChI is InChI=1S/C24H29ClN4/c1-29(2)19-10-7-17(8-11-19)16-27-22-5-3-4-6-23(22)28-21-13-14-26-24-15-18(25)9-12-20(21)24/h7-15,22-23,27H,3-6,16H2,1-2H3,(H,26,28). The Kier molecular flexibility index (Phi) is 6.22. The summed E-state index contributed by atoms with van der Waals surface area (Å²) in [5, 5.41) is 9.45. The number of rotatable bonds is 6. The lowest BCUT2D eigenvalue weighted by Crippen LogP contribution is -2.45. The first-order valence-electron chi connectivity index (χ1n) is 10.4. The van der Waals surface area contributed by atoms with E-state index in [1.807, 2.05) is 18.3 Å². The molecule has 2 atom stereocenters. The van der Waals surface area contributed by atoms with E-state index in [4.69, 9.17) is 11.6 Å². The zero-order valence-corrected chi connectivity index (χ0v) is 17.9. The summed E-state index contributed by atoms with van der Waals surface area (Å²) in [6.07, 6.45) is 6.78. The van der Waals surface area contributed by atoms with Crippen molar-refractivity contribution in [3.63, 3.8) is 0 Å². The van der Waals surface area contributed by atoms with Gasteiger partial charge in [0.1, 0.15) is 0 Å². The van der Waals surface area contributed by atoms with Crippen LogP contribution in [0.5, 0.6) is 0 Å². The topological polar surface area (TPSA) is 40.2 Å². The Morgan fingerprint density at radius 2 is 1.76 bits per heavy atom. The highest BCUT2D eigenvalue weighted by Crippen LogP contribution is 2.28. The predicted octanol–water partition coefficient (Wildman–Crippen LogP) is 5.47. The molecule has 2 N–H and O–H groups in total. The van der Waals surface area contributed by atoms with Crippen molar-refractivity contribution in [2.45, 2.75) is 44.3 Å². The SMILES string of the molecule is CN(C)c1ccc(CNC2CCCCC2Nc2ccnc3cc(Cl)ccc23)cc1. The zero-order chi connectivity index (χ0) is 20.2. The third kappa shape index (κ3) is 4.82. The number of aromatic nitrogens is 1. The quantitative estimate of drug-likeness (QED) is 0.567. The number of pyridine rings is 1. The Labute approximate surface area is 178 Å². The summed E-state index contributed by atoms with van der Waals surface area (Å²) in [5.74, 6) is 0. The first-order chi connectivity index (χ1) is 14.1. The van der Waals surface area contributed by atoms with Crippen molar-refractivity contribution in [3.05, 3.63) is 65.3 Å². The number of hydrogen-bond donors (Lipinski definition) is 2. The molecule has 4 nitrogen and oxygen atoms in total. The Bertz CT molecular complexity index is 955. The monoisotopic (exact) mass is 408 g/mol. The molecule has 1 aromatic heterocycles. The molecular weight excluding hydrogens is 380 g/mol. The molecule has 0 radical (unpaired) electrons. The Balaban J connectivity index is 1.45. The molecule has 0 bridgehead atoms. The van der Waals surface area contributed by atoms with E-state index >= 15 is 0 Å². The molecule has 1 saturated carbocycles. The van der Waals surface area contributed by atoms with Crippen molar-refractivity contribution in [2.24, 2.45) is 0 Å². The van der Waals surface area contributed by atoms with Crippen LogP contribution in [-0.2, 0) is 6.54 Å². The molecule has 29 heavy (non-hydrogen) atoms. The van der Waals surface area contributed by atoms with Gasteiger partial charge in [0.15, 0.2) is 0 Å². The van der Waals surface area contributed by atoms with E-state index in [1.54, 1.807) is 0 Å². The summed E-state index contributed by atoms with van der Waals surface area (Å²) in [6, 6.07) is 17.7. The van der Waals surface area contributed by atoms with Crippen LogP contribution in [0.25, 0.3) is 10.9 Å². The zero-order valence-electron chi connectivity index (χ0n) is 17.2. The normalized spacial score (nSPS) is 19.3. The van der Waals surface area contributed by atoms with Gasteiger partial charge in [-0.1, -0.05) is 36.6 Å². The molecular formula is C24H29ClN4. The Morgan fingerprint density at radius 1 is 1.00 bits per heavy atom. The van der Waals surface area contributed by atoms with E-state index in [0.717, 1.165) is 28.2 Å². The summed E-state index contributed by atoms with van der Waals surface area (Å²) in [6.45, 7) is 0.892. The molecule has 3 aromatic rings. The number of benzene rings is 2. The second kappa shape index (κ2) is 9.02. The van der Waals surface area contributed by atoms with Crippen LogP contribution in [0.2, 0.25) is 5.02 Å². The van der Waals surface area contributed by atoms with Gasteiger partial charge in [0.05, 0.1) is 5.52 Å². The van der Waals surface area contributed by atoms with Crippen LogP contribution in [0.15, 0.2) is 54.7 Å². The van der Waals surface area contributed by atoms with Crippen LogP contribution < -0.4 is 15.5 Å². The lowest BCUT2D eigenvalue weighted by atomic mass is 9.89. The molecule has 2 unspecified atom stereocenters. The number of anilines is 2. The Hall–Kier alpha value is -2.30. The number of nitrogens with one attached hydrogen (secondary N) is 2. The van der Waals surface area contributed by atoms with Gasteiger partial charge in [-0.05, 0) is 54.8 Å². The molecule has 1 aliphatic carbocycles. The van der Waals surface area contributed by atoms with Gasteiger partial charge in [0.2, 0.25) is 0 Å². The highest BCUT2D eigenvalue weighted by molar-refractivity contribution is 6.31. The molecule has 0 spiro atoms. The fraction of sp³-hybridized carbons (Fsp3) is 0.375. The first-order valence-corrected chi connectivity index (χ1v) is 10.8. The van der Waals surface area contributed by atoms with Gasteiger partial charge < -0.3 is 15.5 Å². The minimum Gasteiger partial charge on any atom is -0.380 e. The smallest absolute Gasteiger partial charge is 0.0737 e. The van der Waals surface area contributed by atoms with E-state index in [9.17, 15) is 0 Å². The minimum absolute atomic E-state index is 0.408. The maximum Gasteiger partial charge on any atom is 0.0737 e. The van der Waals surface area contributed by atoms with Crippen molar-refractivity contribution in [1.82, 2.24) is 10.3 Å². The van der Waals surface area contributed by atoms with Gasteiger partial charge in [-0.2, -0.15) is 0 Å². The van der Waals surface area contributed by atoms with E-state index in [0.29, 0.717) is 12.1 Å². The highest BCUT2D eigenvalue weighted by Gasteiger charge is 2.25. The van der Waals surface area contributed by atoms with Gasteiger partial charge in [0.25, 0.3) is 0 Å². The summed E-state index contributed by atoms with van der Waals surface area (Å²) in [7, 11) is 4.14. The summed E-state index contributed by atoms with van der Waals surface area (Å²) in [4.78, 5) is 6.60. The highest BCUT2D eigenvalue weighted by atomic mass is 35.5. The molecule has 2 aromatic carbocycles. The number of fused-ring (bicyclic) bond motifs is 1. The van der Waals surface area contributed by atoms with Crippen LogP contribution in [0.1, 0.15) is 31.2 Å². The molecule has 0 saturated heterocycles. The summed E-state index contributed by atoms with van der Waals surface area (Å²) in [5.41, 5.74) is 4.63.